The number of hydrogen-bond acceptors (Lipinski definition) is 6. The first kappa shape index (κ1) is 21.4. The molecule has 2 aliphatic rings. The van der Waals surface area contributed by atoms with Crippen LogP contribution in [-0.4, -0.2) is 35.8 Å². The van der Waals surface area contributed by atoms with Crippen molar-refractivity contribution < 1.29 is 9.13 Å². The average Bonchev–Trinajstić information content (AvgIpc) is 2.74. The summed E-state index contributed by atoms with van der Waals surface area (Å²) < 4.78 is 19.7. The Morgan fingerprint density at radius 1 is 1.23 bits per heavy atom. The van der Waals surface area contributed by atoms with E-state index < -0.39 is 5.67 Å². The molecule has 1 atom stereocenters. The molecule has 2 N–H and O–H groups in total. The van der Waals surface area contributed by atoms with Crippen LogP contribution < -0.4 is 15.4 Å². The molecule has 31 heavy (non-hydrogen) atoms. The van der Waals surface area contributed by atoms with Gasteiger partial charge in [-0.1, -0.05) is 25.8 Å². The number of benzene rings is 1. The van der Waals surface area contributed by atoms with E-state index >= 15 is 0 Å². The second-order valence-electron chi connectivity index (χ2n) is 9.12. The maximum absolute atomic E-state index is 14.3. The molecule has 0 radical (unpaired) electrons. The zero-order valence-electron chi connectivity index (χ0n) is 18.5. The van der Waals surface area contributed by atoms with Gasteiger partial charge in [0.15, 0.2) is 0 Å². The monoisotopic (exact) mass is 423 g/mol. The van der Waals surface area contributed by atoms with Crippen LogP contribution in [0.5, 0.6) is 6.01 Å². The summed E-state index contributed by atoms with van der Waals surface area (Å²) in [5, 5.41) is 9.86. The molecule has 1 fully saturated rings. The largest absolute Gasteiger partial charge is 0.467 e. The third-order valence-electron chi connectivity index (χ3n) is 6.51. The normalized spacial score (nSPS) is 20.5. The minimum Gasteiger partial charge on any atom is -0.467 e. The van der Waals surface area contributed by atoms with Gasteiger partial charge in [-0.15, -0.1) is 0 Å². The number of nitrogens with zero attached hydrogens (tertiary/aromatic N) is 4. The molecule has 4 rings (SSSR count). The van der Waals surface area contributed by atoms with Crippen LogP contribution in [0.4, 0.5) is 15.9 Å². The van der Waals surface area contributed by atoms with E-state index in [1.807, 2.05) is 11.0 Å². The molecule has 0 spiro atoms. The molecule has 1 aromatic carbocycles. The number of rotatable bonds is 2. The topological polar surface area (TPSA) is 88.1 Å². The Kier molecular flexibility index (Phi) is 5.74. The van der Waals surface area contributed by atoms with Crippen LogP contribution >= 0.6 is 0 Å². The quantitative estimate of drug-likeness (QED) is 0.725. The van der Waals surface area contributed by atoms with Gasteiger partial charge >= 0.3 is 6.01 Å². The fourth-order valence-electron chi connectivity index (χ4n) is 4.87. The van der Waals surface area contributed by atoms with Crippen molar-refractivity contribution in [3.05, 3.63) is 40.1 Å². The van der Waals surface area contributed by atoms with Gasteiger partial charge < -0.3 is 15.4 Å². The molecule has 0 bridgehead atoms. The van der Waals surface area contributed by atoms with Crippen molar-refractivity contribution in [1.29, 1.82) is 5.26 Å². The molecule has 1 saturated heterocycles. The summed E-state index contributed by atoms with van der Waals surface area (Å²) in [6.07, 6.45) is 5.60. The number of anilines is 2. The Hall–Kier alpha value is -2.88. The van der Waals surface area contributed by atoms with E-state index in [9.17, 15) is 9.65 Å². The lowest BCUT2D eigenvalue weighted by atomic mass is 9.86. The summed E-state index contributed by atoms with van der Waals surface area (Å²) in [6.45, 7) is 4.45. The van der Waals surface area contributed by atoms with Gasteiger partial charge in [0.2, 0.25) is 0 Å². The highest BCUT2D eigenvalue weighted by Gasteiger charge is 2.41. The first-order chi connectivity index (χ1) is 14.8. The molecule has 6 nitrogen and oxygen atoms in total. The Morgan fingerprint density at radius 3 is 2.68 bits per heavy atom. The van der Waals surface area contributed by atoms with Gasteiger partial charge in [0.25, 0.3) is 0 Å². The van der Waals surface area contributed by atoms with Crippen LogP contribution in [0.25, 0.3) is 0 Å². The summed E-state index contributed by atoms with van der Waals surface area (Å²) in [5.74, 6) is 1.09. The minimum atomic E-state index is -1.21. The van der Waals surface area contributed by atoms with E-state index in [1.54, 1.807) is 14.0 Å². The smallest absolute Gasteiger partial charge is 0.318 e. The zero-order valence-corrected chi connectivity index (χ0v) is 18.5. The highest BCUT2D eigenvalue weighted by molar-refractivity contribution is 5.63. The van der Waals surface area contributed by atoms with Gasteiger partial charge in [-0.3, -0.25) is 0 Å². The van der Waals surface area contributed by atoms with Crippen LogP contribution in [0.15, 0.2) is 12.1 Å². The van der Waals surface area contributed by atoms with Gasteiger partial charge in [-0.25, -0.2) is 4.39 Å². The van der Waals surface area contributed by atoms with E-state index in [4.69, 9.17) is 15.5 Å². The minimum absolute atomic E-state index is 0.271. The van der Waals surface area contributed by atoms with E-state index in [1.165, 1.54) is 0 Å². The first-order valence-corrected chi connectivity index (χ1v) is 11.0. The van der Waals surface area contributed by atoms with Gasteiger partial charge in [0.1, 0.15) is 17.6 Å². The third kappa shape index (κ3) is 4.16. The maximum atomic E-state index is 14.3. The number of nitrogen functional groups attached to an aromatic ring is 1. The Labute approximate surface area is 183 Å². The van der Waals surface area contributed by atoms with Crippen molar-refractivity contribution in [3.8, 4) is 12.1 Å². The molecular formula is C24H30FN5O. The second kappa shape index (κ2) is 8.33. The predicted octanol–water partition coefficient (Wildman–Crippen LogP) is 4.30. The molecule has 2 heterocycles. The van der Waals surface area contributed by atoms with Gasteiger partial charge in [-0.05, 0) is 49.3 Å². The number of hydrogen-bond donors (Lipinski definition) is 1. The molecular weight excluding hydrogens is 393 g/mol. The second-order valence-corrected chi connectivity index (χ2v) is 9.12. The van der Waals surface area contributed by atoms with E-state index in [2.05, 4.69) is 24.0 Å². The number of methoxy groups -OCH3 is 1. The summed E-state index contributed by atoms with van der Waals surface area (Å²) in [4.78, 5) is 11.3. The van der Waals surface area contributed by atoms with Crippen LogP contribution in [0.1, 0.15) is 73.4 Å². The fourth-order valence-corrected chi connectivity index (χ4v) is 4.87. The molecule has 0 saturated carbocycles. The van der Waals surface area contributed by atoms with Crippen LogP contribution in [0, 0.1) is 11.3 Å². The number of nitriles is 1. The number of alkyl halides is 1. The lowest BCUT2D eigenvalue weighted by Crippen LogP contribution is -2.58. The zero-order chi connectivity index (χ0) is 22.2. The first-order valence-electron chi connectivity index (χ1n) is 11.0. The molecule has 1 unspecified atom stereocenters. The summed E-state index contributed by atoms with van der Waals surface area (Å²) in [5.41, 5.74) is 9.94. The number of aromatic nitrogens is 2. The molecule has 2 aromatic rings. The van der Waals surface area contributed by atoms with Crippen molar-refractivity contribution in [2.45, 2.75) is 64.0 Å². The van der Waals surface area contributed by atoms with Crippen LogP contribution in [-0.2, 0) is 12.8 Å². The fraction of sp³-hybridized carbons (Fsp3) is 0.542. The Bertz CT molecular complexity index is 1020. The lowest BCUT2D eigenvalue weighted by Gasteiger charge is -2.44. The molecule has 0 amide bonds. The molecule has 1 aromatic heterocycles. The number of halogens is 1. The van der Waals surface area contributed by atoms with E-state index in [-0.39, 0.29) is 6.01 Å². The van der Waals surface area contributed by atoms with Gasteiger partial charge in [0, 0.05) is 17.7 Å². The Balaban J connectivity index is 1.87. The van der Waals surface area contributed by atoms with E-state index in [0.29, 0.717) is 36.7 Å². The molecule has 7 heteroatoms. The van der Waals surface area contributed by atoms with Crippen molar-refractivity contribution in [3.63, 3.8) is 0 Å². The van der Waals surface area contributed by atoms with Crippen LogP contribution in [0.3, 0.4) is 0 Å². The predicted molar refractivity (Wildman–Crippen MR) is 119 cm³/mol. The van der Waals surface area contributed by atoms with Gasteiger partial charge in [-0.2, -0.15) is 15.2 Å². The highest BCUT2D eigenvalue weighted by atomic mass is 19.1. The van der Waals surface area contributed by atoms with Crippen molar-refractivity contribution in [2.75, 3.05) is 30.8 Å². The van der Waals surface area contributed by atoms with Crippen molar-refractivity contribution in [2.24, 2.45) is 0 Å². The number of fused-ring (bicyclic) bond motifs is 2. The lowest BCUT2D eigenvalue weighted by molar-refractivity contribution is 0.143. The summed E-state index contributed by atoms with van der Waals surface area (Å²) in [6, 6.07) is 6.47. The highest BCUT2D eigenvalue weighted by Crippen LogP contribution is 2.37. The van der Waals surface area contributed by atoms with Gasteiger partial charge in [0.05, 0.1) is 31.5 Å². The Morgan fingerprint density at radius 2 is 2.00 bits per heavy atom. The maximum Gasteiger partial charge on any atom is 0.318 e. The van der Waals surface area contributed by atoms with E-state index in [0.717, 1.165) is 60.3 Å². The van der Waals surface area contributed by atoms with Crippen molar-refractivity contribution in [1.82, 2.24) is 9.97 Å². The average molecular weight is 424 g/mol. The SMILES string of the molecule is COc1nc2c(c(N3CC(C)(F)C3)n1)CCCCCC(C)c1ccc(N)c(C#N)c1C2. The standard InChI is InChI=1S/C24H30FN5O/c1-15-7-5-4-6-8-17-21(11-18-16(15)9-10-20(27)19(18)12-26)28-23(31-3)29-22(17)30-13-24(2,25)14-30/h9-10,15H,4-8,11,13-14,27H2,1-3H3. The third-order valence-corrected chi connectivity index (χ3v) is 6.51. The molecule has 164 valence electrons. The summed E-state index contributed by atoms with van der Waals surface area (Å²) >= 11 is 0. The summed E-state index contributed by atoms with van der Waals surface area (Å²) in [7, 11) is 1.54. The molecule has 1 aliphatic carbocycles. The molecule has 1 aliphatic heterocycles. The number of ether oxygens (including phenoxy) is 1. The number of nitrogens with two attached hydrogens (primary N) is 1. The van der Waals surface area contributed by atoms with Crippen LogP contribution in [0.2, 0.25) is 0 Å². The van der Waals surface area contributed by atoms with Crippen molar-refractivity contribution >= 4 is 11.5 Å².